The molecule has 0 saturated heterocycles. The van der Waals surface area contributed by atoms with E-state index in [2.05, 4.69) is 66.7 Å². The van der Waals surface area contributed by atoms with Gasteiger partial charge in [-0.2, -0.15) is 0 Å². The van der Waals surface area contributed by atoms with Gasteiger partial charge in [0.15, 0.2) is 0 Å². The summed E-state index contributed by atoms with van der Waals surface area (Å²) in [6.45, 7) is 0. The van der Waals surface area contributed by atoms with Gasteiger partial charge in [0.25, 0.3) is 0 Å². The van der Waals surface area contributed by atoms with E-state index in [1.165, 1.54) is 21.9 Å². The Hall–Kier alpha value is -1.79. The highest BCUT2D eigenvalue weighted by molar-refractivity contribution is 6.18. The van der Waals surface area contributed by atoms with Crippen molar-refractivity contribution in [2.24, 2.45) is 0 Å². The Kier molecular flexibility index (Phi) is 4.03. The molecule has 0 radical (unpaired) electrons. The van der Waals surface area contributed by atoms with E-state index in [0.29, 0.717) is 11.8 Å². The number of hydrogen-bond acceptors (Lipinski definition) is 0. The van der Waals surface area contributed by atoms with Gasteiger partial charge >= 0.3 is 0 Å². The minimum absolute atomic E-state index is 0.365. The molecular weight excluding hydrogens is 264 g/mol. The highest BCUT2D eigenvalue weighted by Crippen LogP contribution is 2.26. The molecule has 0 amide bonds. The van der Waals surface area contributed by atoms with Crippen molar-refractivity contribution in [1.29, 1.82) is 0 Å². The van der Waals surface area contributed by atoms with E-state index in [4.69, 9.17) is 11.6 Å². The van der Waals surface area contributed by atoms with Crippen molar-refractivity contribution >= 4 is 22.4 Å². The summed E-state index contributed by atoms with van der Waals surface area (Å²) in [4.78, 5) is 0. The first-order chi connectivity index (χ1) is 9.88. The van der Waals surface area contributed by atoms with Gasteiger partial charge in [0.05, 0.1) is 0 Å². The maximum atomic E-state index is 6.20. The molecule has 20 heavy (non-hydrogen) atoms. The van der Waals surface area contributed by atoms with Crippen molar-refractivity contribution in [2.75, 3.05) is 5.88 Å². The number of alkyl halides is 1. The van der Waals surface area contributed by atoms with Gasteiger partial charge in [-0.15, -0.1) is 11.6 Å². The second-order valence-corrected chi connectivity index (χ2v) is 5.41. The molecular formula is C19H17Cl. The molecule has 0 heterocycles. The van der Waals surface area contributed by atoms with Crippen LogP contribution in [0.4, 0.5) is 0 Å². The van der Waals surface area contributed by atoms with Gasteiger partial charge in [-0.1, -0.05) is 72.8 Å². The Bertz CT molecular complexity index is 683. The number of fused-ring (bicyclic) bond motifs is 1. The molecule has 0 aliphatic rings. The molecule has 3 aromatic rings. The van der Waals surface area contributed by atoms with Gasteiger partial charge in [-0.25, -0.2) is 0 Å². The van der Waals surface area contributed by atoms with Gasteiger partial charge in [-0.3, -0.25) is 0 Å². The van der Waals surface area contributed by atoms with Crippen LogP contribution in [0.1, 0.15) is 17.0 Å². The molecule has 0 bridgehead atoms. The van der Waals surface area contributed by atoms with Crippen molar-refractivity contribution in [3.8, 4) is 0 Å². The molecule has 0 aliphatic heterocycles. The predicted octanol–water partition coefficient (Wildman–Crippen LogP) is 5.40. The van der Waals surface area contributed by atoms with Crippen LogP contribution in [0, 0.1) is 0 Å². The van der Waals surface area contributed by atoms with E-state index >= 15 is 0 Å². The standard InChI is InChI=1S/C19H17Cl/c20-14-18(15-7-2-1-3-8-15)13-17-11-6-10-16-9-4-5-12-19(16)17/h1-12,18H,13-14H2. The summed E-state index contributed by atoms with van der Waals surface area (Å²) in [6.07, 6.45) is 0.981. The van der Waals surface area contributed by atoms with Crippen LogP contribution in [0.3, 0.4) is 0 Å². The van der Waals surface area contributed by atoms with Crippen molar-refractivity contribution < 1.29 is 0 Å². The molecule has 0 nitrogen and oxygen atoms in total. The van der Waals surface area contributed by atoms with Crippen LogP contribution in [-0.2, 0) is 6.42 Å². The van der Waals surface area contributed by atoms with Crippen molar-refractivity contribution in [3.05, 3.63) is 83.9 Å². The van der Waals surface area contributed by atoms with E-state index < -0.39 is 0 Å². The summed E-state index contributed by atoms with van der Waals surface area (Å²) in [5.41, 5.74) is 2.69. The zero-order valence-electron chi connectivity index (χ0n) is 11.3. The van der Waals surface area contributed by atoms with Crippen LogP contribution in [0.25, 0.3) is 10.8 Å². The Labute approximate surface area is 125 Å². The molecule has 1 atom stereocenters. The summed E-state index contributed by atoms with van der Waals surface area (Å²) in [5.74, 6) is 1.01. The van der Waals surface area contributed by atoms with Crippen molar-refractivity contribution in [3.63, 3.8) is 0 Å². The largest absolute Gasteiger partial charge is 0.126 e. The quantitative estimate of drug-likeness (QED) is 0.561. The second-order valence-electron chi connectivity index (χ2n) is 5.10. The first-order valence-electron chi connectivity index (χ1n) is 6.96. The summed E-state index contributed by atoms with van der Waals surface area (Å²) >= 11 is 6.20. The van der Waals surface area contributed by atoms with Crippen LogP contribution in [0.2, 0.25) is 0 Å². The number of benzene rings is 3. The van der Waals surface area contributed by atoms with Gasteiger partial charge < -0.3 is 0 Å². The highest BCUT2D eigenvalue weighted by Gasteiger charge is 2.12. The maximum absolute atomic E-state index is 6.20. The Balaban J connectivity index is 1.96. The zero-order valence-corrected chi connectivity index (χ0v) is 12.1. The smallest absolute Gasteiger partial charge is 0.0295 e. The minimum atomic E-state index is 0.365. The first kappa shape index (κ1) is 13.2. The Morgan fingerprint density at radius 1 is 0.750 bits per heavy atom. The minimum Gasteiger partial charge on any atom is -0.126 e. The van der Waals surface area contributed by atoms with E-state index in [-0.39, 0.29) is 0 Å². The second kappa shape index (κ2) is 6.11. The average Bonchev–Trinajstić information content (AvgIpc) is 2.53. The van der Waals surface area contributed by atoms with E-state index in [9.17, 15) is 0 Å². The fraction of sp³-hybridized carbons (Fsp3) is 0.158. The lowest BCUT2D eigenvalue weighted by Gasteiger charge is -2.16. The fourth-order valence-corrected chi connectivity index (χ4v) is 3.01. The lowest BCUT2D eigenvalue weighted by molar-refractivity contribution is 0.770. The molecule has 0 fully saturated rings. The molecule has 3 aromatic carbocycles. The van der Waals surface area contributed by atoms with Gasteiger partial charge in [0.1, 0.15) is 0 Å². The molecule has 1 heteroatoms. The number of hydrogen-bond donors (Lipinski definition) is 0. The van der Waals surface area contributed by atoms with Crippen LogP contribution in [0.5, 0.6) is 0 Å². The average molecular weight is 281 g/mol. The first-order valence-corrected chi connectivity index (χ1v) is 7.49. The monoisotopic (exact) mass is 280 g/mol. The lowest BCUT2D eigenvalue weighted by Crippen LogP contribution is -2.05. The van der Waals surface area contributed by atoms with E-state index in [0.717, 1.165) is 6.42 Å². The fourth-order valence-electron chi connectivity index (χ4n) is 2.72. The van der Waals surface area contributed by atoms with Gasteiger partial charge in [0.2, 0.25) is 0 Å². The maximum Gasteiger partial charge on any atom is 0.0295 e. The third-order valence-corrected chi connectivity index (χ3v) is 4.18. The molecule has 0 N–H and O–H groups in total. The number of rotatable bonds is 4. The van der Waals surface area contributed by atoms with Gasteiger partial charge in [-0.05, 0) is 28.3 Å². The van der Waals surface area contributed by atoms with E-state index in [1.807, 2.05) is 6.07 Å². The summed E-state index contributed by atoms with van der Waals surface area (Å²) in [6, 6.07) is 25.6. The third-order valence-electron chi connectivity index (χ3n) is 3.80. The van der Waals surface area contributed by atoms with Crippen LogP contribution in [-0.4, -0.2) is 5.88 Å². The molecule has 0 aliphatic carbocycles. The third kappa shape index (κ3) is 2.71. The topological polar surface area (TPSA) is 0 Å². The zero-order chi connectivity index (χ0) is 13.8. The Morgan fingerprint density at radius 2 is 1.45 bits per heavy atom. The summed E-state index contributed by atoms with van der Waals surface area (Å²) in [5, 5.41) is 2.63. The molecule has 0 aromatic heterocycles. The molecule has 3 rings (SSSR count). The highest BCUT2D eigenvalue weighted by atomic mass is 35.5. The Morgan fingerprint density at radius 3 is 2.25 bits per heavy atom. The molecule has 0 spiro atoms. The van der Waals surface area contributed by atoms with Crippen LogP contribution >= 0.6 is 11.6 Å². The summed E-state index contributed by atoms with van der Waals surface area (Å²) < 4.78 is 0. The molecule has 0 saturated carbocycles. The van der Waals surface area contributed by atoms with Gasteiger partial charge in [0, 0.05) is 11.8 Å². The lowest BCUT2D eigenvalue weighted by atomic mass is 9.91. The number of halogens is 1. The molecule has 100 valence electrons. The predicted molar refractivity (Wildman–Crippen MR) is 87.6 cm³/mol. The van der Waals surface area contributed by atoms with Crippen LogP contribution in [0.15, 0.2) is 72.8 Å². The summed E-state index contributed by atoms with van der Waals surface area (Å²) in [7, 11) is 0. The van der Waals surface area contributed by atoms with Crippen molar-refractivity contribution in [1.82, 2.24) is 0 Å². The molecule has 1 unspecified atom stereocenters. The SMILES string of the molecule is ClCC(Cc1cccc2ccccc12)c1ccccc1. The van der Waals surface area contributed by atoms with Crippen LogP contribution < -0.4 is 0 Å². The van der Waals surface area contributed by atoms with E-state index in [1.54, 1.807) is 0 Å². The normalized spacial score (nSPS) is 12.4. The van der Waals surface area contributed by atoms with Crippen molar-refractivity contribution in [2.45, 2.75) is 12.3 Å².